The number of amides is 1. The number of carbonyl (C=O) groups is 1. The van der Waals surface area contributed by atoms with E-state index in [0.717, 1.165) is 5.56 Å². The van der Waals surface area contributed by atoms with Crippen LogP contribution in [0.1, 0.15) is 15.9 Å². The maximum atomic E-state index is 13.1. The van der Waals surface area contributed by atoms with E-state index in [0.29, 0.717) is 5.56 Å². The third kappa shape index (κ3) is 4.65. The summed E-state index contributed by atoms with van der Waals surface area (Å²) in [5, 5.41) is 10.0. The largest absolute Gasteiger partial charge is 0.403 e. The Morgan fingerprint density at radius 1 is 0.938 bits per heavy atom. The summed E-state index contributed by atoms with van der Waals surface area (Å²) in [6, 6.07) is 17.7. The standard InChI is InChI=1S/C22H17FN4O4S/c1-14-6-12-17(13-7-14)32(29,30)27-19-5-3-2-4-18(19)20(28)24-22-26-25-21(31-22)15-8-10-16(23)11-9-15/h2-13,27H,1H3,(H,24,26,28). The van der Waals surface area contributed by atoms with Crippen LogP contribution in [0.2, 0.25) is 0 Å². The van der Waals surface area contributed by atoms with Crippen molar-refractivity contribution in [3.8, 4) is 11.5 Å². The molecule has 4 aromatic rings. The highest BCUT2D eigenvalue weighted by molar-refractivity contribution is 7.92. The second-order valence-electron chi connectivity index (χ2n) is 6.84. The van der Waals surface area contributed by atoms with E-state index in [4.69, 9.17) is 4.42 Å². The molecular formula is C22H17FN4O4S. The molecule has 0 saturated carbocycles. The maximum Gasteiger partial charge on any atom is 0.322 e. The van der Waals surface area contributed by atoms with Gasteiger partial charge in [-0.1, -0.05) is 34.9 Å². The van der Waals surface area contributed by atoms with Crippen LogP contribution in [0.5, 0.6) is 0 Å². The number of halogens is 1. The molecule has 0 fully saturated rings. The van der Waals surface area contributed by atoms with Gasteiger partial charge in [-0.2, -0.15) is 0 Å². The second kappa shape index (κ2) is 8.60. The molecule has 0 aliphatic rings. The van der Waals surface area contributed by atoms with Gasteiger partial charge in [-0.15, -0.1) is 5.10 Å². The molecule has 32 heavy (non-hydrogen) atoms. The number of benzene rings is 3. The van der Waals surface area contributed by atoms with E-state index in [9.17, 15) is 17.6 Å². The molecular weight excluding hydrogens is 435 g/mol. The minimum atomic E-state index is -3.91. The lowest BCUT2D eigenvalue weighted by atomic mass is 10.2. The van der Waals surface area contributed by atoms with E-state index in [1.165, 1.54) is 48.5 Å². The topological polar surface area (TPSA) is 114 Å². The highest BCUT2D eigenvalue weighted by Crippen LogP contribution is 2.23. The first kappa shape index (κ1) is 21.2. The average molecular weight is 452 g/mol. The van der Waals surface area contributed by atoms with Gasteiger partial charge in [-0.05, 0) is 55.5 Å². The van der Waals surface area contributed by atoms with Crippen LogP contribution in [0.25, 0.3) is 11.5 Å². The summed E-state index contributed by atoms with van der Waals surface area (Å²) in [5.41, 5.74) is 1.54. The molecule has 0 spiro atoms. The van der Waals surface area contributed by atoms with Crippen LogP contribution < -0.4 is 10.0 Å². The first-order valence-electron chi connectivity index (χ1n) is 9.41. The molecule has 4 rings (SSSR count). The Morgan fingerprint density at radius 2 is 1.62 bits per heavy atom. The smallest absolute Gasteiger partial charge is 0.322 e. The quantitative estimate of drug-likeness (QED) is 0.452. The van der Waals surface area contributed by atoms with Crippen molar-refractivity contribution in [3.63, 3.8) is 0 Å². The number of carbonyl (C=O) groups excluding carboxylic acids is 1. The predicted octanol–water partition coefficient (Wildman–Crippen LogP) is 4.24. The summed E-state index contributed by atoms with van der Waals surface area (Å²) in [7, 11) is -3.91. The number of aromatic nitrogens is 2. The molecule has 2 N–H and O–H groups in total. The van der Waals surface area contributed by atoms with Crippen molar-refractivity contribution < 1.29 is 22.0 Å². The first-order chi connectivity index (χ1) is 15.3. The van der Waals surface area contributed by atoms with Crippen molar-refractivity contribution >= 4 is 27.6 Å². The number of rotatable bonds is 6. The second-order valence-corrected chi connectivity index (χ2v) is 8.52. The molecule has 0 bridgehead atoms. The van der Waals surface area contributed by atoms with Gasteiger partial charge >= 0.3 is 6.01 Å². The van der Waals surface area contributed by atoms with Gasteiger partial charge in [0.2, 0.25) is 5.89 Å². The van der Waals surface area contributed by atoms with Gasteiger partial charge in [0.1, 0.15) is 5.82 Å². The molecule has 1 heterocycles. The summed E-state index contributed by atoms with van der Waals surface area (Å²) < 4.78 is 46.4. The zero-order valence-corrected chi connectivity index (χ0v) is 17.6. The normalized spacial score (nSPS) is 11.2. The SMILES string of the molecule is Cc1ccc(S(=O)(=O)Nc2ccccc2C(=O)Nc2nnc(-c3ccc(F)cc3)o2)cc1. The minimum absolute atomic E-state index is 0.0599. The average Bonchev–Trinajstić information content (AvgIpc) is 3.23. The van der Waals surface area contributed by atoms with E-state index >= 15 is 0 Å². The Bertz CT molecular complexity index is 1370. The number of nitrogens with one attached hydrogen (secondary N) is 2. The van der Waals surface area contributed by atoms with Gasteiger partial charge in [0.05, 0.1) is 16.1 Å². The van der Waals surface area contributed by atoms with E-state index in [1.807, 2.05) is 6.92 Å². The lowest BCUT2D eigenvalue weighted by Crippen LogP contribution is -2.18. The van der Waals surface area contributed by atoms with E-state index in [2.05, 4.69) is 20.2 Å². The molecule has 1 amide bonds. The molecule has 8 nitrogen and oxygen atoms in total. The van der Waals surface area contributed by atoms with Crippen LogP contribution in [0, 0.1) is 12.7 Å². The molecule has 0 aliphatic carbocycles. The van der Waals surface area contributed by atoms with Crippen LogP contribution in [0.15, 0.2) is 82.1 Å². The fourth-order valence-corrected chi connectivity index (χ4v) is 3.92. The number of hydrogen-bond acceptors (Lipinski definition) is 6. The fraction of sp³-hybridized carbons (Fsp3) is 0.0455. The molecule has 0 radical (unpaired) electrons. The Morgan fingerprint density at radius 3 is 2.34 bits per heavy atom. The number of hydrogen-bond donors (Lipinski definition) is 2. The van der Waals surface area contributed by atoms with Crippen LogP contribution in [0.3, 0.4) is 0 Å². The van der Waals surface area contributed by atoms with Crippen LogP contribution >= 0.6 is 0 Å². The molecule has 3 aromatic carbocycles. The summed E-state index contributed by atoms with van der Waals surface area (Å²) in [4.78, 5) is 12.8. The van der Waals surface area contributed by atoms with Crippen molar-refractivity contribution in [2.75, 3.05) is 10.0 Å². The van der Waals surface area contributed by atoms with Gasteiger partial charge in [0, 0.05) is 5.56 Å². The molecule has 0 unspecified atom stereocenters. The lowest BCUT2D eigenvalue weighted by Gasteiger charge is -2.12. The lowest BCUT2D eigenvalue weighted by molar-refractivity contribution is 0.102. The van der Waals surface area contributed by atoms with Crippen LogP contribution in [-0.2, 0) is 10.0 Å². The molecule has 0 saturated heterocycles. The summed E-state index contributed by atoms with van der Waals surface area (Å²) in [6.07, 6.45) is 0. The zero-order valence-electron chi connectivity index (χ0n) is 16.7. The summed E-state index contributed by atoms with van der Waals surface area (Å²) >= 11 is 0. The molecule has 162 valence electrons. The molecule has 0 atom stereocenters. The highest BCUT2D eigenvalue weighted by Gasteiger charge is 2.20. The third-order valence-electron chi connectivity index (χ3n) is 4.48. The number of para-hydroxylation sites is 1. The van der Waals surface area contributed by atoms with E-state index in [-0.39, 0.29) is 28.1 Å². The zero-order chi connectivity index (χ0) is 22.7. The maximum absolute atomic E-state index is 13.1. The van der Waals surface area contributed by atoms with Gasteiger partial charge in [0.25, 0.3) is 15.9 Å². The van der Waals surface area contributed by atoms with Crippen molar-refractivity contribution in [2.24, 2.45) is 0 Å². The van der Waals surface area contributed by atoms with Gasteiger partial charge < -0.3 is 4.42 Å². The number of sulfonamides is 1. The van der Waals surface area contributed by atoms with E-state index < -0.39 is 21.7 Å². The minimum Gasteiger partial charge on any atom is -0.403 e. The predicted molar refractivity (Wildman–Crippen MR) is 116 cm³/mol. The van der Waals surface area contributed by atoms with Crippen molar-refractivity contribution in [3.05, 3.63) is 89.7 Å². The number of anilines is 2. The fourth-order valence-electron chi connectivity index (χ4n) is 2.84. The molecule has 1 aromatic heterocycles. The first-order valence-corrected chi connectivity index (χ1v) is 10.9. The summed E-state index contributed by atoms with van der Waals surface area (Å²) in [6.45, 7) is 1.85. The van der Waals surface area contributed by atoms with Gasteiger partial charge in [0.15, 0.2) is 0 Å². The summed E-state index contributed by atoms with van der Waals surface area (Å²) in [5.74, 6) is -0.971. The van der Waals surface area contributed by atoms with Crippen molar-refractivity contribution in [1.29, 1.82) is 0 Å². The Hall–Kier alpha value is -4.05. The number of aryl methyl sites for hydroxylation is 1. The Kier molecular flexibility index (Phi) is 5.69. The number of nitrogens with zero attached hydrogens (tertiary/aromatic N) is 2. The van der Waals surface area contributed by atoms with Crippen LogP contribution in [-0.4, -0.2) is 24.5 Å². The molecule has 0 aliphatic heterocycles. The Balaban J connectivity index is 1.54. The third-order valence-corrected chi connectivity index (χ3v) is 5.87. The Labute approximate surface area is 183 Å². The highest BCUT2D eigenvalue weighted by atomic mass is 32.2. The van der Waals surface area contributed by atoms with Gasteiger partial charge in [-0.3, -0.25) is 14.8 Å². The van der Waals surface area contributed by atoms with E-state index in [1.54, 1.807) is 24.3 Å². The van der Waals surface area contributed by atoms with Crippen LogP contribution in [0.4, 0.5) is 16.1 Å². The van der Waals surface area contributed by atoms with Crippen molar-refractivity contribution in [1.82, 2.24) is 10.2 Å². The van der Waals surface area contributed by atoms with Crippen molar-refractivity contribution in [2.45, 2.75) is 11.8 Å². The van der Waals surface area contributed by atoms with Gasteiger partial charge in [-0.25, -0.2) is 12.8 Å². The molecule has 10 heteroatoms. The monoisotopic (exact) mass is 452 g/mol.